The van der Waals surface area contributed by atoms with Crippen LogP contribution in [0.3, 0.4) is 0 Å². The number of nitrogens with one attached hydrogen (secondary N) is 1. The molecule has 0 fully saturated rings. The smallest absolute Gasteiger partial charge is 0.227 e. The number of hydrogen-bond acceptors (Lipinski definition) is 3. The first-order chi connectivity index (χ1) is 13.2. The van der Waals surface area contributed by atoms with Crippen LogP contribution in [0.1, 0.15) is 36.4 Å². The summed E-state index contributed by atoms with van der Waals surface area (Å²) in [6, 6.07) is 20.0. The fourth-order valence-corrected chi connectivity index (χ4v) is 3.58. The van der Waals surface area contributed by atoms with Gasteiger partial charge in [0.25, 0.3) is 0 Å². The largest absolute Gasteiger partial charge is 0.497 e. The van der Waals surface area contributed by atoms with Crippen molar-refractivity contribution in [2.75, 3.05) is 13.7 Å². The van der Waals surface area contributed by atoms with Crippen LogP contribution in [0.25, 0.3) is 10.8 Å². The van der Waals surface area contributed by atoms with E-state index in [-0.39, 0.29) is 17.9 Å². The lowest BCUT2D eigenvalue weighted by Gasteiger charge is -2.27. The van der Waals surface area contributed by atoms with Crippen molar-refractivity contribution in [2.45, 2.75) is 25.3 Å². The van der Waals surface area contributed by atoms with Crippen molar-refractivity contribution >= 4 is 16.7 Å². The van der Waals surface area contributed by atoms with E-state index in [4.69, 9.17) is 9.47 Å². The molecule has 1 N–H and O–H groups in total. The standard InChI is InChI=1S/C23H23NO3/c1-15(16-7-8-18-14-19(26-2)10-9-17(18)13-16)23(25)24-21-11-12-27-22-6-4-3-5-20(21)22/h3-10,13-15,21H,11-12H2,1-2H3,(H,24,25). The molecule has 0 radical (unpaired) electrons. The van der Waals surface area contributed by atoms with E-state index in [1.807, 2.05) is 61.5 Å². The topological polar surface area (TPSA) is 47.6 Å². The SMILES string of the molecule is COc1ccc2cc(C(C)C(=O)NC3CCOc4ccccc43)ccc2c1. The maximum absolute atomic E-state index is 12.9. The van der Waals surface area contributed by atoms with Gasteiger partial charge in [-0.25, -0.2) is 0 Å². The van der Waals surface area contributed by atoms with E-state index >= 15 is 0 Å². The molecule has 3 aromatic carbocycles. The number of carbonyl (C=O) groups excluding carboxylic acids is 1. The summed E-state index contributed by atoms with van der Waals surface area (Å²) < 4.78 is 11.0. The molecule has 2 atom stereocenters. The molecule has 0 aromatic heterocycles. The normalized spacial score (nSPS) is 16.9. The van der Waals surface area contributed by atoms with Crippen molar-refractivity contribution < 1.29 is 14.3 Å². The average Bonchev–Trinajstić information content (AvgIpc) is 2.72. The molecular weight excluding hydrogens is 338 g/mol. The highest BCUT2D eigenvalue weighted by Crippen LogP contribution is 2.32. The number of fused-ring (bicyclic) bond motifs is 2. The second-order valence-electron chi connectivity index (χ2n) is 6.93. The van der Waals surface area contributed by atoms with E-state index in [1.54, 1.807) is 7.11 Å². The molecule has 1 amide bonds. The molecule has 4 nitrogen and oxygen atoms in total. The first-order valence-corrected chi connectivity index (χ1v) is 9.25. The summed E-state index contributed by atoms with van der Waals surface area (Å²) in [6.45, 7) is 2.57. The van der Waals surface area contributed by atoms with E-state index in [1.165, 1.54) is 0 Å². The van der Waals surface area contributed by atoms with Crippen LogP contribution < -0.4 is 14.8 Å². The third-order valence-electron chi connectivity index (χ3n) is 5.24. The molecule has 0 saturated carbocycles. The Bertz CT molecular complexity index is 982. The lowest BCUT2D eigenvalue weighted by molar-refractivity contribution is -0.123. The Balaban J connectivity index is 1.53. The maximum atomic E-state index is 12.9. The zero-order valence-electron chi connectivity index (χ0n) is 15.6. The average molecular weight is 361 g/mol. The van der Waals surface area contributed by atoms with Crippen LogP contribution in [0.2, 0.25) is 0 Å². The molecule has 1 aliphatic heterocycles. The zero-order valence-corrected chi connectivity index (χ0v) is 15.6. The van der Waals surface area contributed by atoms with Crippen LogP contribution in [0.4, 0.5) is 0 Å². The molecule has 0 aliphatic carbocycles. The number of rotatable bonds is 4. The van der Waals surface area contributed by atoms with E-state index in [2.05, 4.69) is 11.4 Å². The Morgan fingerprint density at radius 1 is 1.11 bits per heavy atom. The minimum Gasteiger partial charge on any atom is -0.497 e. The predicted molar refractivity (Wildman–Crippen MR) is 106 cm³/mol. The molecule has 4 heteroatoms. The molecule has 1 aliphatic rings. The van der Waals surface area contributed by atoms with Crippen LogP contribution in [0, 0.1) is 0 Å². The van der Waals surface area contributed by atoms with Crippen LogP contribution in [-0.2, 0) is 4.79 Å². The summed E-state index contributed by atoms with van der Waals surface area (Å²) in [5.41, 5.74) is 2.06. The monoisotopic (exact) mass is 361 g/mol. The number of carbonyl (C=O) groups is 1. The van der Waals surface area contributed by atoms with Crippen LogP contribution in [0.5, 0.6) is 11.5 Å². The van der Waals surface area contributed by atoms with Gasteiger partial charge >= 0.3 is 0 Å². The summed E-state index contributed by atoms with van der Waals surface area (Å²) in [4.78, 5) is 12.9. The van der Waals surface area contributed by atoms with Gasteiger partial charge in [0.1, 0.15) is 11.5 Å². The lowest BCUT2D eigenvalue weighted by atomic mass is 9.95. The number of hydrogen-bond donors (Lipinski definition) is 1. The third-order valence-corrected chi connectivity index (χ3v) is 5.24. The van der Waals surface area contributed by atoms with Crippen molar-refractivity contribution in [3.63, 3.8) is 0 Å². The van der Waals surface area contributed by atoms with Crippen molar-refractivity contribution in [1.82, 2.24) is 5.32 Å². The van der Waals surface area contributed by atoms with Gasteiger partial charge in [-0.05, 0) is 41.5 Å². The fourth-order valence-electron chi connectivity index (χ4n) is 3.58. The van der Waals surface area contributed by atoms with Crippen molar-refractivity contribution in [1.29, 1.82) is 0 Å². The predicted octanol–water partition coefficient (Wildman–Crippen LogP) is 4.59. The molecule has 0 saturated heterocycles. The van der Waals surface area contributed by atoms with Gasteiger partial charge in [0.2, 0.25) is 5.91 Å². The highest BCUT2D eigenvalue weighted by molar-refractivity contribution is 5.88. The van der Waals surface area contributed by atoms with Gasteiger partial charge in [-0.3, -0.25) is 4.79 Å². The highest BCUT2D eigenvalue weighted by Gasteiger charge is 2.25. The molecule has 27 heavy (non-hydrogen) atoms. The van der Waals surface area contributed by atoms with E-state index in [0.29, 0.717) is 6.61 Å². The lowest BCUT2D eigenvalue weighted by Crippen LogP contribution is -2.34. The third kappa shape index (κ3) is 3.47. The van der Waals surface area contributed by atoms with Gasteiger partial charge in [0.15, 0.2) is 0 Å². The Kier molecular flexibility index (Phi) is 4.71. The summed E-state index contributed by atoms with van der Waals surface area (Å²) in [6.07, 6.45) is 0.785. The number of para-hydroxylation sites is 1. The van der Waals surface area contributed by atoms with Gasteiger partial charge in [0.05, 0.1) is 25.7 Å². The molecule has 3 aromatic rings. The van der Waals surface area contributed by atoms with E-state index in [0.717, 1.165) is 39.8 Å². The summed E-state index contributed by atoms with van der Waals surface area (Å²) in [5.74, 6) is 1.50. The number of methoxy groups -OCH3 is 1. The quantitative estimate of drug-likeness (QED) is 0.739. The van der Waals surface area contributed by atoms with Crippen LogP contribution in [-0.4, -0.2) is 19.6 Å². The minimum absolute atomic E-state index is 0.00498. The van der Waals surface area contributed by atoms with Crippen molar-refractivity contribution in [3.05, 3.63) is 71.8 Å². The Labute approximate surface area is 159 Å². The van der Waals surface area contributed by atoms with E-state index < -0.39 is 0 Å². The molecule has 0 spiro atoms. The summed E-state index contributed by atoms with van der Waals surface area (Å²) in [5, 5.41) is 5.40. The van der Waals surface area contributed by atoms with Gasteiger partial charge < -0.3 is 14.8 Å². The Hall–Kier alpha value is -3.01. The second-order valence-corrected chi connectivity index (χ2v) is 6.93. The number of benzene rings is 3. The Morgan fingerprint density at radius 2 is 1.89 bits per heavy atom. The maximum Gasteiger partial charge on any atom is 0.227 e. The first-order valence-electron chi connectivity index (χ1n) is 9.25. The van der Waals surface area contributed by atoms with Crippen molar-refractivity contribution in [2.24, 2.45) is 0 Å². The fraction of sp³-hybridized carbons (Fsp3) is 0.261. The van der Waals surface area contributed by atoms with Gasteiger partial charge in [-0.1, -0.05) is 42.5 Å². The number of ether oxygens (including phenoxy) is 2. The van der Waals surface area contributed by atoms with Gasteiger partial charge in [0, 0.05) is 12.0 Å². The summed E-state index contributed by atoms with van der Waals surface area (Å²) in [7, 11) is 1.66. The zero-order chi connectivity index (χ0) is 18.8. The van der Waals surface area contributed by atoms with Gasteiger partial charge in [-0.2, -0.15) is 0 Å². The highest BCUT2D eigenvalue weighted by atomic mass is 16.5. The molecular formula is C23H23NO3. The van der Waals surface area contributed by atoms with Gasteiger partial charge in [-0.15, -0.1) is 0 Å². The molecule has 2 unspecified atom stereocenters. The second kappa shape index (κ2) is 7.31. The molecule has 1 heterocycles. The minimum atomic E-state index is -0.230. The Morgan fingerprint density at radius 3 is 2.74 bits per heavy atom. The number of amides is 1. The molecule has 138 valence electrons. The van der Waals surface area contributed by atoms with Crippen LogP contribution in [0.15, 0.2) is 60.7 Å². The summed E-state index contributed by atoms with van der Waals surface area (Å²) >= 11 is 0. The van der Waals surface area contributed by atoms with Crippen molar-refractivity contribution in [3.8, 4) is 11.5 Å². The first kappa shape index (κ1) is 17.4. The molecule has 0 bridgehead atoms. The van der Waals surface area contributed by atoms with Crippen LogP contribution >= 0.6 is 0 Å². The van der Waals surface area contributed by atoms with E-state index in [9.17, 15) is 4.79 Å². The molecule has 4 rings (SSSR count).